The minimum absolute atomic E-state index is 0.0243. The maximum Gasteiger partial charge on any atom is 0.490 e. The second kappa shape index (κ2) is 12.6. The Morgan fingerprint density at radius 1 is 1.20 bits per heavy atom. The summed E-state index contributed by atoms with van der Waals surface area (Å²) in [4.78, 5) is 37.6. The monoisotopic (exact) mass is 572 g/mol. The first-order chi connectivity index (χ1) is 19.5. The highest BCUT2D eigenvalue weighted by Crippen LogP contribution is 2.33. The van der Waals surface area contributed by atoms with E-state index in [0.29, 0.717) is 26.2 Å². The number of nitrogens with one attached hydrogen (secondary N) is 2. The lowest BCUT2D eigenvalue weighted by Gasteiger charge is -2.24. The number of imidazole rings is 1. The van der Waals surface area contributed by atoms with Crippen molar-refractivity contribution in [1.29, 1.82) is 0 Å². The van der Waals surface area contributed by atoms with Crippen LogP contribution in [0.5, 0.6) is 5.75 Å². The number of anilines is 1. The number of benzene rings is 2. The zero-order valence-corrected chi connectivity index (χ0v) is 21.9. The molecule has 5 rings (SSSR count). The molecule has 4 aromatic rings. The Kier molecular flexibility index (Phi) is 9.02. The van der Waals surface area contributed by atoms with Crippen molar-refractivity contribution in [3.05, 3.63) is 65.6 Å². The molecule has 0 saturated heterocycles. The van der Waals surface area contributed by atoms with E-state index in [0.717, 1.165) is 51.4 Å². The maximum atomic E-state index is 12.2. The second-order valence-electron chi connectivity index (χ2n) is 9.13. The van der Waals surface area contributed by atoms with E-state index in [9.17, 15) is 18.0 Å². The Morgan fingerprint density at radius 2 is 1.98 bits per heavy atom. The van der Waals surface area contributed by atoms with Gasteiger partial charge in [-0.05, 0) is 41.8 Å². The quantitative estimate of drug-likeness (QED) is 0.243. The molecule has 2 aromatic carbocycles. The number of ether oxygens (including phenoxy) is 2. The van der Waals surface area contributed by atoms with Gasteiger partial charge in [0.15, 0.2) is 0 Å². The lowest BCUT2D eigenvalue weighted by Crippen LogP contribution is -2.28. The van der Waals surface area contributed by atoms with Gasteiger partial charge in [-0.1, -0.05) is 18.2 Å². The number of carboxylic acids is 1. The predicted molar refractivity (Wildman–Crippen MR) is 142 cm³/mol. The van der Waals surface area contributed by atoms with Gasteiger partial charge < -0.3 is 30.6 Å². The summed E-state index contributed by atoms with van der Waals surface area (Å²) >= 11 is 0. The van der Waals surface area contributed by atoms with Crippen molar-refractivity contribution >= 4 is 28.9 Å². The van der Waals surface area contributed by atoms with Gasteiger partial charge in [-0.3, -0.25) is 4.79 Å². The first-order valence-electron chi connectivity index (χ1n) is 12.4. The van der Waals surface area contributed by atoms with Crippen LogP contribution in [0.4, 0.5) is 19.1 Å². The Hall–Kier alpha value is -4.72. The molecular weight excluding hydrogens is 545 g/mol. The molecule has 14 heteroatoms. The molecule has 41 heavy (non-hydrogen) atoms. The Labute approximate surface area is 231 Å². The predicted octanol–water partition coefficient (Wildman–Crippen LogP) is 3.26. The number of carboxylic acid groups (broad SMARTS) is 1. The van der Waals surface area contributed by atoms with Crippen molar-refractivity contribution in [2.24, 2.45) is 0 Å². The van der Waals surface area contributed by atoms with E-state index in [2.05, 4.69) is 26.3 Å². The molecule has 0 spiro atoms. The summed E-state index contributed by atoms with van der Waals surface area (Å²) in [6.07, 6.45) is -2.33. The number of aromatic nitrogens is 4. The molecule has 1 unspecified atom stereocenters. The molecule has 0 bridgehead atoms. The fourth-order valence-corrected chi connectivity index (χ4v) is 4.19. The number of carbonyl (C=O) groups is 2. The fraction of sp³-hybridized carbons (Fsp3) is 0.296. The number of H-pyrrole nitrogens is 1. The summed E-state index contributed by atoms with van der Waals surface area (Å²) in [6, 6.07) is 13.7. The van der Waals surface area contributed by atoms with Crippen LogP contribution >= 0.6 is 0 Å². The molecule has 11 nitrogen and oxygen atoms in total. The van der Waals surface area contributed by atoms with Crippen LogP contribution in [0.15, 0.2) is 48.7 Å². The van der Waals surface area contributed by atoms with Crippen LogP contribution < -0.4 is 15.8 Å². The molecule has 1 amide bonds. The molecular formula is C27H27F3N6O5. The van der Waals surface area contributed by atoms with Gasteiger partial charge in [-0.25, -0.2) is 19.7 Å². The van der Waals surface area contributed by atoms with E-state index >= 15 is 0 Å². The van der Waals surface area contributed by atoms with Crippen molar-refractivity contribution in [2.75, 3.05) is 32.6 Å². The van der Waals surface area contributed by atoms with E-state index in [1.807, 2.05) is 36.4 Å². The third-order valence-corrected chi connectivity index (χ3v) is 6.12. The molecule has 1 aliphatic heterocycles. The van der Waals surface area contributed by atoms with E-state index in [-0.39, 0.29) is 17.8 Å². The van der Waals surface area contributed by atoms with Crippen LogP contribution in [0.3, 0.4) is 0 Å². The number of hydrogen-bond acceptors (Lipinski definition) is 8. The number of aliphatic carboxylic acids is 1. The highest BCUT2D eigenvalue weighted by molar-refractivity contribution is 5.81. The highest BCUT2D eigenvalue weighted by atomic mass is 19.4. The van der Waals surface area contributed by atoms with Gasteiger partial charge in [-0.15, -0.1) is 0 Å². The highest BCUT2D eigenvalue weighted by Gasteiger charge is 2.38. The standard InChI is InChI=1S/C25H26N6O3.C2HF3O2/c1-33-9-8-27-23(32)11-15-2-5-22-17(10-15)12-18(14-34-22)24-29-20-4-3-16(13-21(20)30-24)19-6-7-28-25(26)31-19;3-2(4,5)1(6)7/h2-7,10,13,18H,8-9,11-12,14H2,1H3,(H,27,32)(H,29,30)(H2,26,28,31);(H,6,7). The van der Waals surface area contributed by atoms with Crippen molar-refractivity contribution in [1.82, 2.24) is 25.3 Å². The number of carbonyl (C=O) groups excluding carboxylic acids is 1. The minimum Gasteiger partial charge on any atom is -0.493 e. The number of rotatable bonds is 7. The van der Waals surface area contributed by atoms with Crippen molar-refractivity contribution < 1.29 is 37.3 Å². The average molecular weight is 573 g/mol. The Bertz CT molecular complexity index is 1540. The SMILES string of the molecule is COCCNC(=O)Cc1ccc2c(c1)CC(c1nc3ccc(-c4ccnc(N)n4)cc3[nH]1)CO2.O=C(O)C(F)(F)F. The minimum atomic E-state index is -5.08. The lowest BCUT2D eigenvalue weighted by atomic mass is 9.94. The van der Waals surface area contributed by atoms with Crippen LogP contribution in [-0.4, -0.2) is 70.0 Å². The van der Waals surface area contributed by atoms with E-state index in [1.54, 1.807) is 13.3 Å². The van der Waals surface area contributed by atoms with Crippen LogP contribution in [0.25, 0.3) is 22.3 Å². The average Bonchev–Trinajstić information content (AvgIpc) is 3.36. The summed E-state index contributed by atoms with van der Waals surface area (Å²) < 4.78 is 42.7. The number of aromatic amines is 1. The van der Waals surface area contributed by atoms with Crippen molar-refractivity contribution in [3.63, 3.8) is 0 Å². The number of nitrogens with two attached hydrogens (primary N) is 1. The maximum absolute atomic E-state index is 12.2. The molecule has 0 fully saturated rings. The van der Waals surface area contributed by atoms with Gasteiger partial charge in [-0.2, -0.15) is 13.2 Å². The lowest BCUT2D eigenvalue weighted by molar-refractivity contribution is -0.192. The molecule has 1 aliphatic rings. The number of halogens is 3. The topological polar surface area (TPSA) is 165 Å². The largest absolute Gasteiger partial charge is 0.493 e. The summed E-state index contributed by atoms with van der Waals surface area (Å²) in [5.41, 5.74) is 11.3. The third-order valence-electron chi connectivity index (χ3n) is 6.12. The van der Waals surface area contributed by atoms with E-state index in [1.165, 1.54) is 0 Å². The van der Waals surface area contributed by atoms with Crippen molar-refractivity contribution in [2.45, 2.75) is 24.9 Å². The molecule has 1 atom stereocenters. The zero-order valence-electron chi connectivity index (χ0n) is 21.9. The first kappa shape index (κ1) is 29.3. The Balaban J connectivity index is 0.000000493. The molecule has 5 N–H and O–H groups in total. The Morgan fingerprint density at radius 3 is 2.68 bits per heavy atom. The number of methoxy groups -OCH3 is 1. The molecule has 2 aromatic heterocycles. The van der Waals surface area contributed by atoms with Crippen LogP contribution in [0.1, 0.15) is 22.9 Å². The van der Waals surface area contributed by atoms with Gasteiger partial charge in [0.2, 0.25) is 11.9 Å². The van der Waals surface area contributed by atoms with Crippen LogP contribution in [0, 0.1) is 0 Å². The zero-order chi connectivity index (χ0) is 29.6. The van der Waals surface area contributed by atoms with Gasteiger partial charge in [0, 0.05) is 25.4 Å². The number of nitrogen functional groups attached to an aromatic ring is 1. The summed E-state index contributed by atoms with van der Waals surface area (Å²) in [6.45, 7) is 1.54. The summed E-state index contributed by atoms with van der Waals surface area (Å²) in [5, 5.41) is 9.98. The van der Waals surface area contributed by atoms with Crippen LogP contribution in [-0.2, 0) is 27.2 Å². The van der Waals surface area contributed by atoms with E-state index < -0.39 is 12.1 Å². The number of fused-ring (bicyclic) bond motifs is 2. The number of hydrogen-bond donors (Lipinski definition) is 4. The summed E-state index contributed by atoms with van der Waals surface area (Å²) in [7, 11) is 1.61. The fourth-order valence-electron chi connectivity index (χ4n) is 4.19. The number of nitrogens with zero attached hydrogens (tertiary/aromatic N) is 3. The number of amides is 1. The summed E-state index contributed by atoms with van der Waals surface area (Å²) in [5.74, 6) is -0.713. The molecule has 0 radical (unpaired) electrons. The molecule has 0 aliphatic carbocycles. The van der Waals surface area contributed by atoms with Crippen molar-refractivity contribution in [3.8, 4) is 17.0 Å². The van der Waals surface area contributed by atoms with Gasteiger partial charge in [0.1, 0.15) is 11.6 Å². The molecule has 3 heterocycles. The smallest absolute Gasteiger partial charge is 0.490 e. The normalized spacial score (nSPS) is 14.4. The van der Waals surface area contributed by atoms with Crippen LogP contribution in [0.2, 0.25) is 0 Å². The molecule has 216 valence electrons. The third kappa shape index (κ3) is 7.69. The van der Waals surface area contributed by atoms with E-state index in [4.69, 9.17) is 30.1 Å². The number of alkyl halides is 3. The van der Waals surface area contributed by atoms with Gasteiger partial charge in [0.25, 0.3) is 0 Å². The first-order valence-corrected chi connectivity index (χ1v) is 12.4. The van der Waals surface area contributed by atoms with Gasteiger partial charge >= 0.3 is 12.1 Å². The molecule has 0 saturated carbocycles. The van der Waals surface area contributed by atoms with Gasteiger partial charge in [0.05, 0.1) is 42.3 Å². The second-order valence-corrected chi connectivity index (χ2v) is 9.13.